The number of carbonyl (C=O) groups excluding carboxylic acids is 2. The van der Waals surface area contributed by atoms with Gasteiger partial charge in [0.05, 0.1) is 62.6 Å². The summed E-state index contributed by atoms with van der Waals surface area (Å²) in [6.45, 7) is 9.95. The fourth-order valence-electron chi connectivity index (χ4n) is 12.9. The largest absolute Gasteiger partial charge is 0.477 e. The third-order valence-electron chi connectivity index (χ3n) is 17.7. The van der Waals surface area contributed by atoms with Crippen LogP contribution in [0.4, 0.5) is 8.78 Å². The van der Waals surface area contributed by atoms with Crippen molar-refractivity contribution in [2.75, 3.05) is 52.4 Å². The van der Waals surface area contributed by atoms with Gasteiger partial charge in [0.2, 0.25) is 0 Å². The summed E-state index contributed by atoms with van der Waals surface area (Å²) in [6, 6.07) is 42.5. The molecule has 7 heterocycles. The van der Waals surface area contributed by atoms with Crippen molar-refractivity contribution in [3.63, 3.8) is 0 Å². The molecule has 5 aromatic carbocycles. The summed E-state index contributed by atoms with van der Waals surface area (Å²) >= 11 is 0. The van der Waals surface area contributed by atoms with Gasteiger partial charge in [-0.15, -0.1) is 0 Å². The number of carboxylic acid groups (broad SMARTS) is 1. The number of carboxylic acids is 1. The molecule has 1 N–H and O–H groups in total. The van der Waals surface area contributed by atoms with Gasteiger partial charge in [0, 0.05) is 75.0 Å². The van der Waals surface area contributed by atoms with Crippen molar-refractivity contribution in [2.24, 2.45) is 0 Å². The second-order valence-electron chi connectivity index (χ2n) is 23.4. The lowest BCUT2D eigenvalue weighted by molar-refractivity contribution is 0.0688. The number of hydrogen-bond acceptors (Lipinski definition) is 10. The first-order valence-corrected chi connectivity index (χ1v) is 30.0. The molecule has 12 rings (SSSR count). The maximum atomic E-state index is 14.5. The fourth-order valence-corrected chi connectivity index (χ4v) is 14.2. The van der Waals surface area contributed by atoms with Gasteiger partial charge in [-0.3, -0.25) is 19.4 Å². The number of halogens is 2. The molecule has 0 radical (unpaired) electrons. The van der Waals surface area contributed by atoms with Crippen LogP contribution < -0.4 is 0 Å². The normalized spacial score (nSPS) is 20.0. The highest BCUT2D eigenvalue weighted by atomic mass is 32.2. The number of nitrogens with zero attached hydrogens (tertiary/aromatic N) is 9. The second kappa shape index (κ2) is 22.5. The van der Waals surface area contributed by atoms with Crippen LogP contribution in [0.3, 0.4) is 0 Å². The summed E-state index contributed by atoms with van der Waals surface area (Å²) in [5.41, 5.74) is 7.27. The topological polar surface area (TPSA) is 167 Å². The predicted molar refractivity (Wildman–Crippen MR) is 309 cm³/mol. The summed E-state index contributed by atoms with van der Waals surface area (Å²) in [4.78, 5) is 53.9. The number of rotatable bonds is 16. The molecule has 4 aliphatic heterocycles. The number of aromatic nitrogens is 5. The Morgan fingerprint density at radius 3 is 1.58 bits per heavy atom. The SMILES string of the molecule is CC1(c2ccccc2)CCN(C(=O)c2cnn(-c3ccc(F)cc3)c2C2CCN(Cc3ccc(C(=O)O)nc3CS(=O)(=O)c3ccc(CN4CC(c5c(C(=O)N6CCC(C)(c7ccccc7)C6)cnn5-c5ccc(F)cc5)C4)cc3)CC2)C1. The number of amides is 2. The Balaban J connectivity index is 0.710. The molecule has 0 saturated carbocycles. The lowest BCUT2D eigenvalue weighted by Gasteiger charge is -2.40. The van der Waals surface area contributed by atoms with Crippen LogP contribution in [0, 0.1) is 11.6 Å². The van der Waals surface area contributed by atoms with E-state index >= 15 is 0 Å². The molecular weight excluding hydrogens is 1070 g/mol. The van der Waals surface area contributed by atoms with E-state index in [0.717, 1.165) is 29.8 Å². The quantitative estimate of drug-likeness (QED) is 0.0978. The molecule has 8 aromatic rings. The van der Waals surface area contributed by atoms with Crippen molar-refractivity contribution in [1.82, 2.24) is 44.1 Å². The molecule has 2 atom stereocenters. The molecule has 0 aliphatic carbocycles. The molecular formula is C65H65F2N9O6S. The second-order valence-corrected chi connectivity index (χ2v) is 25.4. The number of pyridine rings is 1. The zero-order chi connectivity index (χ0) is 57.6. The van der Waals surface area contributed by atoms with Crippen molar-refractivity contribution in [1.29, 1.82) is 0 Å². The Kier molecular flexibility index (Phi) is 15.0. The van der Waals surface area contributed by atoms with Crippen molar-refractivity contribution in [2.45, 2.75) is 85.9 Å². The minimum Gasteiger partial charge on any atom is -0.477 e. The molecule has 2 amide bonds. The van der Waals surface area contributed by atoms with E-state index in [1.54, 1.807) is 76.4 Å². The van der Waals surface area contributed by atoms with E-state index in [9.17, 15) is 36.7 Å². The summed E-state index contributed by atoms with van der Waals surface area (Å²) in [5.74, 6) is -2.85. The van der Waals surface area contributed by atoms with Crippen LogP contribution in [-0.4, -0.2) is 128 Å². The van der Waals surface area contributed by atoms with E-state index < -0.39 is 21.6 Å². The van der Waals surface area contributed by atoms with Gasteiger partial charge in [-0.1, -0.05) is 92.7 Å². The third-order valence-corrected chi connectivity index (χ3v) is 19.3. The maximum Gasteiger partial charge on any atom is 0.354 e. The smallest absolute Gasteiger partial charge is 0.354 e. The monoisotopic (exact) mass is 1140 g/mol. The van der Waals surface area contributed by atoms with E-state index in [0.29, 0.717) is 106 Å². The van der Waals surface area contributed by atoms with E-state index in [4.69, 9.17) is 10.2 Å². The molecule has 4 saturated heterocycles. The molecule has 83 heavy (non-hydrogen) atoms. The van der Waals surface area contributed by atoms with Crippen LogP contribution in [0.25, 0.3) is 11.4 Å². The molecule has 2 unspecified atom stereocenters. The predicted octanol–water partition coefficient (Wildman–Crippen LogP) is 9.99. The van der Waals surface area contributed by atoms with Crippen LogP contribution >= 0.6 is 0 Å². The van der Waals surface area contributed by atoms with Gasteiger partial charge >= 0.3 is 5.97 Å². The Bertz CT molecular complexity index is 3810. The summed E-state index contributed by atoms with van der Waals surface area (Å²) in [7, 11) is -4.01. The number of sulfone groups is 1. The Morgan fingerprint density at radius 1 is 0.590 bits per heavy atom. The average Bonchev–Trinajstić information content (AvgIpc) is 3.79. The van der Waals surface area contributed by atoms with Gasteiger partial charge in [-0.05, 0) is 128 Å². The maximum absolute atomic E-state index is 14.5. The molecule has 18 heteroatoms. The first-order chi connectivity index (χ1) is 40.0. The number of aromatic carboxylic acids is 1. The Morgan fingerprint density at radius 2 is 1.08 bits per heavy atom. The van der Waals surface area contributed by atoms with Gasteiger partial charge in [-0.2, -0.15) is 10.2 Å². The standard InChI is InChI=1S/C65H65F2N9O6S/c1-64(48-9-5-3-6-10-48)29-33-73(42-64)61(77)55-35-68-75(52-20-16-50(66)17-21-52)59(55)45-27-31-71(32-28-45)38-46-15-26-57(63(79)80)70-58(46)41-83(81,82)54-24-13-44(14-25-54)37-72-39-47(40-72)60-56(36-69-76(60)53-22-18-51(67)19-23-53)62(78)74-34-30-65(2,43-74)49-11-7-4-8-12-49/h3-26,35-36,45,47H,27-34,37-43H2,1-2H3,(H,79,80). The fraction of sp³-hybridized carbons (Fsp3) is 0.323. The summed E-state index contributed by atoms with van der Waals surface area (Å²) < 4.78 is 60.3. The molecule has 0 bridgehead atoms. The van der Waals surface area contributed by atoms with Crippen LogP contribution in [0.5, 0.6) is 0 Å². The molecule has 0 spiro atoms. The van der Waals surface area contributed by atoms with Crippen LogP contribution in [0.2, 0.25) is 0 Å². The third kappa shape index (κ3) is 11.3. The van der Waals surface area contributed by atoms with E-state index in [-0.39, 0.29) is 62.4 Å². The van der Waals surface area contributed by atoms with Crippen molar-refractivity contribution < 1.29 is 36.7 Å². The first kappa shape index (κ1) is 55.3. The Labute approximate surface area is 481 Å². The Hall–Kier alpha value is -8.19. The number of hydrogen-bond donors (Lipinski definition) is 1. The lowest BCUT2D eigenvalue weighted by atomic mass is 9.82. The van der Waals surface area contributed by atoms with Crippen LogP contribution in [0.15, 0.2) is 163 Å². The highest BCUT2D eigenvalue weighted by Crippen LogP contribution is 2.40. The van der Waals surface area contributed by atoms with Crippen molar-refractivity contribution in [3.05, 3.63) is 226 Å². The molecule has 4 fully saturated rings. The highest BCUT2D eigenvalue weighted by Gasteiger charge is 2.42. The molecule has 4 aliphatic rings. The number of likely N-dealkylation sites (tertiary alicyclic amines) is 4. The van der Waals surface area contributed by atoms with Gasteiger partial charge in [-0.25, -0.2) is 36.3 Å². The lowest BCUT2D eigenvalue weighted by Crippen LogP contribution is -2.45. The van der Waals surface area contributed by atoms with Gasteiger partial charge in [0.25, 0.3) is 11.8 Å². The first-order valence-electron chi connectivity index (χ1n) is 28.4. The molecule has 3 aromatic heterocycles. The van der Waals surface area contributed by atoms with E-state index in [1.165, 1.54) is 41.5 Å². The van der Waals surface area contributed by atoms with E-state index in [2.05, 4.69) is 52.9 Å². The zero-order valence-electron chi connectivity index (χ0n) is 46.4. The van der Waals surface area contributed by atoms with E-state index in [1.807, 2.05) is 46.2 Å². The molecule has 15 nitrogen and oxygen atoms in total. The van der Waals surface area contributed by atoms with Gasteiger partial charge < -0.3 is 14.9 Å². The minimum atomic E-state index is -4.01. The zero-order valence-corrected chi connectivity index (χ0v) is 47.3. The number of piperidine rings is 1. The van der Waals surface area contributed by atoms with Crippen LogP contribution in [0.1, 0.15) is 122 Å². The number of carbonyl (C=O) groups is 3. The number of benzene rings is 5. The summed E-state index contributed by atoms with van der Waals surface area (Å²) in [5, 5.41) is 19.4. The van der Waals surface area contributed by atoms with Crippen molar-refractivity contribution >= 4 is 27.6 Å². The van der Waals surface area contributed by atoms with Gasteiger partial charge in [0.1, 0.15) is 17.3 Å². The molecule has 426 valence electrons. The minimum absolute atomic E-state index is 0.0576. The average molecular weight is 1140 g/mol. The van der Waals surface area contributed by atoms with Gasteiger partial charge in [0.15, 0.2) is 9.84 Å². The van der Waals surface area contributed by atoms with Crippen LogP contribution in [-0.2, 0) is 39.5 Å². The highest BCUT2D eigenvalue weighted by molar-refractivity contribution is 7.90. The summed E-state index contributed by atoms with van der Waals surface area (Å²) in [6.07, 6.45) is 6.20. The van der Waals surface area contributed by atoms with Crippen molar-refractivity contribution in [3.8, 4) is 11.4 Å².